The normalized spacial score (nSPS) is 14.9. The number of carbonyl (C=O) groups is 1. The third-order valence-corrected chi connectivity index (χ3v) is 8.79. The lowest BCUT2D eigenvalue weighted by atomic mass is 10.1. The molecule has 9 heteroatoms. The van der Waals surface area contributed by atoms with Gasteiger partial charge in [-0.25, -0.2) is 12.7 Å². The minimum Gasteiger partial charge on any atom is -0.497 e. The minimum atomic E-state index is -3.73. The Labute approximate surface area is 210 Å². The number of carbonyl (C=O) groups excluding carboxylic acids is 1. The Morgan fingerprint density at radius 1 is 1.00 bits per heavy atom. The zero-order valence-electron chi connectivity index (χ0n) is 21.7. The molecule has 1 amide bonds. The Morgan fingerprint density at radius 3 is 2.11 bits per heavy atom. The third kappa shape index (κ3) is 6.54. The molecule has 0 spiro atoms. The number of likely N-dealkylation sites (N-methyl/N-ethyl adjacent to an activating group) is 1. The zero-order chi connectivity index (χ0) is 25.8. The Bertz CT molecular complexity index is 1100. The maximum atomic E-state index is 13.2. The highest BCUT2D eigenvalue weighted by Crippen LogP contribution is 2.28. The maximum absolute atomic E-state index is 13.2. The van der Waals surface area contributed by atoms with Gasteiger partial charge in [-0.05, 0) is 61.9 Å². The van der Waals surface area contributed by atoms with Crippen molar-refractivity contribution in [2.75, 3.05) is 65.9 Å². The van der Waals surface area contributed by atoms with Crippen molar-refractivity contribution in [3.05, 3.63) is 53.1 Å². The van der Waals surface area contributed by atoms with E-state index in [2.05, 4.69) is 41.1 Å². The summed E-state index contributed by atoms with van der Waals surface area (Å²) in [5.41, 5.74) is 3.49. The molecule has 0 N–H and O–H groups in total. The molecule has 2 aromatic rings. The number of nitrogens with zero attached hydrogens (tertiary/aromatic N) is 4. The largest absolute Gasteiger partial charge is 0.497 e. The minimum absolute atomic E-state index is 0.0987. The fourth-order valence-electron chi connectivity index (χ4n) is 4.39. The number of hydrogen-bond donors (Lipinski definition) is 0. The van der Waals surface area contributed by atoms with Crippen LogP contribution < -0.4 is 9.64 Å². The number of piperazine rings is 1. The first-order chi connectivity index (χ1) is 16.5. The Balaban J connectivity index is 1.56. The van der Waals surface area contributed by atoms with Crippen LogP contribution in [0, 0.1) is 13.8 Å². The van der Waals surface area contributed by atoms with E-state index in [0.717, 1.165) is 31.7 Å². The lowest BCUT2D eigenvalue weighted by Gasteiger charge is -2.34. The summed E-state index contributed by atoms with van der Waals surface area (Å²) < 4.78 is 32.9. The number of aryl methyl sites for hydroxylation is 2. The van der Waals surface area contributed by atoms with E-state index in [9.17, 15) is 13.2 Å². The SMILES string of the molecule is COc1cc(C)c(S(=O)(=O)N(C)CCC(=O)N(C)Cc2ccc(N3CCN(C)CC3)cc2)c(C)c1. The van der Waals surface area contributed by atoms with Gasteiger partial charge in [0.15, 0.2) is 0 Å². The summed E-state index contributed by atoms with van der Waals surface area (Å²) >= 11 is 0. The maximum Gasteiger partial charge on any atom is 0.243 e. The van der Waals surface area contributed by atoms with Crippen LogP contribution in [0.15, 0.2) is 41.3 Å². The highest BCUT2D eigenvalue weighted by molar-refractivity contribution is 7.89. The molecule has 0 saturated carbocycles. The van der Waals surface area contributed by atoms with Crippen LogP contribution in [0.4, 0.5) is 5.69 Å². The molecule has 0 bridgehead atoms. The van der Waals surface area contributed by atoms with Gasteiger partial charge in [0.1, 0.15) is 5.75 Å². The summed E-state index contributed by atoms with van der Waals surface area (Å²) in [6, 6.07) is 11.8. The highest BCUT2D eigenvalue weighted by Gasteiger charge is 2.26. The van der Waals surface area contributed by atoms with Crippen LogP contribution in [-0.4, -0.2) is 89.4 Å². The second kappa shape index (κ2) is 11.4. The molecule has 0 aliphatic carbocycles. The zero-order valence-corrected chi connectivity index (χ0v) is 22.6. The van der Waals surface area contributed by atoms with Gasteiger partial charge < -0.3 is 19.4 Å². The average molecular weight is 503 g/mol. The molecule has 0 radical (unpaired) electrons. The van der Waals surface area contributed by atoms with Crippen LogP contribution in [0.1, 0.15) is 23.1 Å². The topological polar surface area (TPSA) is 73.4 Å². The molecule has 0 unspecified atom stereocenters. The van der Waals surface area contributed by atoms with Crippen LogP contribution in [0.25, 0.3) is 0 Å². The molecular weight excluding hydrogens is 464 g/mol. The fraction of sp³-hybridized carbons (Fsp3) is 0.500. The van der Waals surface area contributed by atoms with E-state index >= 15 is 0 Å². The molecule has 2 aromatic carbocycles. The molecule has 8 nitrogen and oxygen atoms in total. The van der Waals surface area contributed by atoms with Gasteiger partial charge >= 0.3 is 0 Å². The fourth-order valence-corrected chi connectivity index (χ4v) is 5.97. The predicted molar refractivity (Wildman–Crippen MR) is 140 cm³/mol. The summed E-state index contributed by atoms with van der Waals surface area (Å²) in [7, 11) is 3.24. The van der Waals surface area contributed by atoms with Gasteiger partial charge in [-0.2, -0.15) is 0 Å². The summed E-state index contributed by atoms with van der Waals surface area (Å²) in [4.78, 5) is 19.4. The molecule has 0 aromatic heterocycles. The first-order valence-corrected chi connectivity index (χ1v) is 13.3. The number of ether oxygens (including phenoxy) is 1. The molecule has 1 saturated heterocycles. The van der Waals surface area contributed by atoms with E-state index in [0.29, 0.717) is 23.4 Å². The lowest BCUT2D eigenvalue weighted by Crippen LogP contribution is -2.44. The van der Waals surface area contributed by atoms with E-state index in [1.54, 1.807) is 45.0 Å². The van der Waals surface area contributed by atoms with Crippen molar-refractivity contribution in [2.24, 2.45) is 0 Å². The van der Waals surface area contributed by atoms with Crippen molar-refractivity contribution in [1.82, 2.24) is 14.1 Å². The molecular formula is C26H38N4O4S. The molecule has 192 valence electrons. The van der Waals surface area contributed by atoms with Gasteiger partial charge in [-0.3, -0.25) is 4.79 Å². The standard InChI is InChI=1S/C26H38N4O4S/c1-20-17-24(34-6)18-21(2)26(20)35(32,33)29(5)12-11-25(31)28(4)19-22-7-9-23(10-8-22)30-15-13-27(3)14-16-30/h7-10,17-18H,11-16,19H2,1-6H3. The molecule has 1 aliphatic heterocycles. The number of amides is 1. The van der Waals surface area contributed by atoms with Gasteiger partial charge in [0.2, 0.25) is 15.9 Å². The van der Waals surface area contributed by atoms with E-state index in [1.807, 2.05) is 0 Å². The Hall–Kier alpha value is -2.62. The first kappa shape index (κ1) is 27.0. The molecule has 1 heterocycles. The van der Waals surface area contributed by atoms with Crippen LogP contribution in [0.3, 0.4) is 0 Å². The number of methoxy groups -OCH3 is 1. The second-order valence-corrected chi connectivity index (χ2v) is 11.4. The second-order valence-electron chi connectivity index (χ2n) is 9.37. The summed E-state index contributed by atoms with van der Waals surface area (Å²) in [6.07, 6.45) is 0.111. The van der Waals surface area contributed by atoms with E-state index in [-0.39, 0.29) is 23.8 Å². The van der Waals surface area contributed by atoms with Crippen molar-refractivity contribution < 1.29 is 17.9 Å². The Kier molecular flexibility index (Phi) is 8.79. The smallest absolute Gasteiger partial charge is 0.243 e. The average Bonchev–Trinajstić information content (AvgIpc) is 2.82. The number of anilines is 1. The van der Waals surface area contributed by atoms with Crippen molar-refractivity contribution in [1.29, 1.82) is 0 Å². The molecule has 3 rings (SSSR count). The quantitative estimate of drug-likeness (QED) is 0.525. The summed E-state index contributed by atoms with van der Waals surface area (Å²) in [6.45, 7) is 8.24. The number of sulfonamides is 1. The number of benzene rings is 2. The van der Waals surface area contributed by atoms with Crippen molar-refractivity contribution in [3.63, 3.8) is 0 Å². The van der Waals surface area contributed by atoms with E-state index in [4.69, 9.17) is 4.74 Å². The van der Waals surface area contributed by atoms with Crippen molar-refractivity contribution in [2.45, 2.75) is 31.7 Å². The van der Waals surface area contributed by atoms with Crippen molar-refractivity contribution >= 4 is 21.6 Å². The number of rotatable bonds is 9. The van der Waals surface area contributed by atoms with Crippen molar-refractivity contribution in [3.8, 4) is 5.75 Å². The molecule has 1 aliphatic rings. The van der Waals surface area contributed by atoms with E-state index < -0.39 is 10.0 Å². The van der Waals surface area contributed by atoms with Crippen LogP contribution in [-0.2, 0) is 21.4 Å². The van der Waals surface area contributed by atoms with Gasteiger partial charge in [-0.1, -0.05) is 12.1 Å². The lowest BCUT2D eigenvalue weighted by molar-refractivity contribution is -0.130. The van der Waals surface area contributed by atoms with E-state index in [1.165, 1.54) is 17.0 Å². The van der Waals surface area contributed by atoms with Gasteiger partial charge in [0.25, 0.3) is 0 Å². The van der Waals surface area contributed by atoms with Gasteiger partial charge in [0.05, 0.1) is 12.0 Å². The molecule has 0 atom stereocenters. The van der Waals surface area contributed by atoms with Gasteiger partial charge in [-0.15, -0.1) is 0 Å². The molecule has 35 heavy (non-hydrogen) atoms. The molecule has 1 fully saturated rings. The van der Waals surface area contributed by atoms with Crippen LogP contribution in [0.2, 0.25) is 0 Å². The summed E-state index contributed by atoms with van der Waals surface area (Å²) in [5.74, 6) is 0.522. The Morgan fingerprint density at radius 2 is 1.57 bits per heavy atom. The number of hydrogen-bond acceptors (Lipinski definition) is 6. The third-order valence-electron chi connectivity index (χ3n) is 6.63. The van der Waals surface area contributed by atoms with Gasteiger partial charge in [0, 0.05) is 65.5 Å². The predicted octanol–water partition coefficient (Wildman–Crippen LogP) is 2.73. The highest BCUT2D eigenvalue weighted by atomic mass is 32.2. The summed E-state index contributed by atoms with van der Waals surface area (Å²) in [5, 5.41) is 0. The first-order valence-electron chi connectivity index (χ1n) is 11.9. The van der Waals surface area contributed by atoms with Crippen LogP contribution in [0.5, 0.6) is 5.75 Å². The van der Waals surface area contributed by atoms with Crippen LogP contribution >= 0.6 is 0 Å². The monoisotopic (exact) mass is 502 g/mol.